The molecule has 0 aliphatic carbocycles. The van der Waals surface area contributed by atoms with E-state index < -0.39 is 16.2 Å². The number of hydrogen-bond donors (Lipinski definition) is 1. The Bertz CT molecular complexity index is 717. The molecule has 1 aromatic carbocycles. The Morgan fingerprint density at radius 2 is 1.83 bits per heavy atom. The van der Waals surface area contributed by atoms with Crippen LogP contribution in [0, 0.1) is 10.1 Å². The van der Waals surface area contributed by atoms with Gasteiger partial charge in [0, 0.05) is 18.3 Å². The molecule has 0 aliphatic rings. The number of H-pyrrole nitrogens is 1. The van der Waals surface area contributed by atoms with Crippen molar-refractivity contribution in [3.05, 3.63) is 66.4 Å². The van der Waals surface area contributed by atoms with Gasteiger partial charge in [0.25, 0.3) is 11.2 Å². The van der Waals surface area contributed by atoms with Gasteiger partial charge < -0.3 is 0 Å². The van der Waals surface area contributed by atoms with E-state index in [0.717, 1.165) is 10.8 Å². The normalized spacial score (nSPS) is 10.3. The van der Waals surface area contributed by atoms with Crippen LogP contribution in [0.15, 0.2) is 40.1 Å². The molecule has 0 atom stereocenters. The highest BCUT2D eigenvalue weighted by Gasteiger charge is 2.07. The first-order valence-electron chi connectivity index (χ1n) is 4.75. The van der Waals surface area contributed by atoms with E-state index in [0.29, 0.717) is 5.69 Å². The van der Waals surface area contributed by atoms with Crippen LogP contribution in [0.5, 0.6) is 0 Å². The molecule has 8 heteroatoms. The lowest BCUT2D eigenvalue weighted by Gasteiger charge is -2.04. The molecule has 0 unspecified atom stereocenters. The van der Waals surface area contributed by atoms with Crippen LogP contribution in [0.4, 0.5) is 5.69 Å². The van der Waals surface area contributed by atoms with Gasteiger partial charge in [-0.3, -0.25) is 24.5 Å². The number of non-ortho nitro benzene ring substituents is 1. The quantitative estimate of drug-likeness (QED) is 0.650. The van der Waals surface area contributed by atoms with Crippen molar-refractivity contribution >= 4 is 17.3 Å². The summed E-state index contributed by atoms with van der Waals surface area (Å²) >= 11 is 5.61. The molecule has 0 spiro atoms. The predicted octanol–water partition coefficient (Wildman–Crippen LogP) is 1.09. The Morgan fingerprint density at radius 3 is 2.39 bits per heavy atom. The molecular formula is C10H6ClN3O4. The van der Waals surface area contributed by atoms with E-state index in [9.17, 15) is 19.7 Å². The largest absolute Gasteiger partial charge is 0.332 e. The van der Waals surface area contributed by atoms with E-state index in [1.807, 2.05) is 4.98 Å². The average Bonchev–Trinajstić information content (AvgIpc) is 2.34. The van der Waals surface area contributed by atoms with E-state index in [4.69, 9.17) is 11.6 Å². The van der Waals surface area contributed by atoms with Gasteiger partial charge in [-0.25, -0.2) is 4.79 Å². The summed E-state index contributed by atoms with van der Waals surface area (Å²) in [5.74, 6) is 0. The maximum Gasteiger partial charge on any atom is 0.332 e. The van der Waals surface area contributed by atoms with Crippen LogP contribution >= 0.6 is 11.6 Å². The lowest BCUT2D eigenvalue weighted by Crippen LogP contribution is -2.28. The fraction of sp³-hybridized carbons (Fsp3) is 0. The number of nitrogens with one attached hydrogen (secondary N) is 1. The van der Waals surface area contributed by atoms with Gasteiger partial charge in [-0.2, -0.15) is 0 Å². The minimum absolute atomic E-state index is 0.0951. The zero-order valence-corrected chi connectivity index (χ0v) is 9.55. The summed E-state index contributed by atoms with van der Waals surface area (Å²) in [5.41, 5.74) is -1.08. The molecule has 0 radical (unpaired) electrons. The molecule has 18 heavy (non-hydrogen) atoms. The lowest BCUT2D eigenvalue weighted by atomic mass is 10.3. The number of rotatable bonds is 2. The molecule has 0 amide bonds. The number of nitro benzene ring substituents is 1. The maximum atomic E-state index is 11.5. The first kappa shape index (κ1) is 12.1. The molecule has 0 bridgehead atoms. The second kappa shape index (κ2) is 4.46. The van der Waals surface area contributed by atoms with E-state index in [1.54, 1.807) is 0 Å². The molecule has 0 saturated heterocycles. The molecule has 2 aromatic rings. The highest BCUT2D eigenvalue weighted by Crippen LogP contribution is 2.14. The van der Waals surface area contributed by atoms with Crippen molar-refractivity contribution < 1.29 is 4.92 Å². The predicted molar refractivity (Wildman–Crippen MR) is 64.3 cm³/mol. The number of nitrogens with zero attached hydrogens (tertiary/aromatic N) is 2. The van der Waals surface area contributed by atoms with Crippen molar-refractivity contribution in [2.24, 2.45) is 0 Å². The fourth-order valence-electron chi connectivity index (χ4n) is 1.37. The summed E-state index contributed by atoms with van der Waals surface area (Å²) in [4.78, 5) is 34.6. The van der Waals surface area contributed by atoms with Crippen LogP contribution in [0.2, 0.25) is 5.02 Å². The molecule has 92 valence electrons. The number of nitro groups is 1. The summed E-state index contributed by atoms with van der Waals surface area (Å²) < 4.78 is 1.09. The standard InChI is InChI=1S/C10H6ClN3O4/c11-8-5-13(10(16)12-9(8)15)6-1-3-7(4-2-6)14(17)18/h1-5H,(H,12,15,16). The first-order valence-corrected chi connectivity index (χ1v) is 5.13. The van der Waals surface area contributed by atoms with E-state index >= 15 is 0 Å². The summed E-state index contributed by atoms with van der Waals surface area (Å²) in [7, 11) is 0. The van der Waals surface area contributed by atoms with Crippen LogP contribution in [-0.4, -0.2) is 14.5 Å². The van der Waals surface area contributed by atoms with Crippen LogP contribution in [0.1, 0.15) is 0 Å². The summed E-state index contributed by atoms with van der Waals surface area (Å²) in [6.45, 7) is 0. The topological polar surface area (TPSA) is 98.0 Å². The first-order chi connectivity index (χ1) is 8.49. The summed E-state index contributed by atoms with van der Waals surface area (Å²) in [5, 5.41) is 10.3. The molecular weight excluding hydrogens is 262 g/mol. The Balaban J connectivity index is 2.56. The van der Waals surface area contributed by atoms with Crippen molar-refractivity contribution in [3.63, 3.8) is 0 Å². The number of aromatic nitrogens is 2. The van der Waals surface area contributed by atoms with Crippen molar-refractivity contribution in [1.82, 2.24) is 9.55 Å². The maximum absolute atomic E-state index is 11.5. The van der Waals surface area contributed by atoms with Gasteiger partial charge in [0.05, 0.1) is 10.6 Å². The minimum Gasteiger partial charge on any atom is -0.272 e. The average molecular weight is 268 g/mol. The summed E-state index contributed by atoms with van der Waals surface area (Å²) in [6.07, 6.45) is 1.16. The van der Waals surface area contributed by atoms with Gasteiger partial charge in [0.2, 0.25) is 0 Å². The second-order valence-electron chi connectivity index (χ2n) is 3.38. The third kappa shape index (κ3) is 2.16. The van der Waals surface area contributed by atoms with E-state index in [1.165, 1.54) is 24.3 Å². The number of aromatic amines is 1. The molecule has 0 saturated carbocycles. The Hall–Kier alpha value is -2.41. The van der Waals surface area contributed by atoms with Crippen molar-refractivity contribution in [1.29, 1.82) is 0 Å². The van der Waals surface area contributed by atoms with Crippen LogP contribution < -0.4 is 11.2 Å². The number of hydrogen-bond acceptors (Lipinski definition) is 4. The molecule has 1 N–H and O–H groups in total. The zero-order chi connectivity index (χ0) is 13.3. The van der Waals surface area contributed by atoms with Crippen molar-refractivity contribution in [2.45, 2.75) is 0 Å². The third-order valence-electron chi connectivity index (χ3n) is 2.24. The zero-order valence-electron chi connectivity index (χ0n) is 8.79. The third-order valence-corrected chi connectivity index (χ3v) is 2.51. The van der Waals surface area contributed by atoms with Gasteiger partial charge in [-0.1, -0.05) is 11.6 Å². The lowest BCUT2D eigenvalue weighted by molar-refractivity contribution is -0.384. The van der Waals surface area contributed by atoms with Crippen molar-refractivity contribution in [3.8, 4) is 5.69 Å². The van der Waals surface area contributed by atoms with Gasteiger partial charge >= 0.3 is 5.69 Å². The molecule has 2 rings (SSSR count). The minimum atomic E-state index is -0.681. The van der Waals surface area contributed by atoms with E-state index in [2.05, 4.69) is 0 Å². The highest BCUT2D eigenvalue weighted by atomic mass is 35.5. The molecule has 7 nitrogen and oxygen atoms in total. The van der Waals surface area contributed by atoms with Gasteiger partial charge in [-0.05, 0) is 12.1 Å². The van der Waals surface area contributed by atoms with Crippen LogP contribution in [-0.2, 0) is 0 Å². The van der Waals surface area contributed by atoms with E-state index in [-0.39, 0.29) is 10.7 Å². The Labute approximate surface area is 104 Å². The SMILES string of the molecule is O=c1[nH]c(=O)n(-c2ccc([N+](=O)[O-])cc2)cc1Cl. The van der Waals surface area contributed by atoms with Crippen LogP contribution in [0.3, 0.4) is 0 Å². The van der Waals surface area contributed by atoms with Gasteiger partial charge in [-0.15, -0.1) is 0 Å². The fourth-order valence-corrected chi connectivity index (χ4v) is 1.52. The molecule has 1 aromatic heterocycles. The number of halogens is 1. The van der Waals surface area contributed by atoms with Crippen molar-refractivity contribution in [2.75, 3.05) is 0 Å². The highest BCUT2D eigenvalue weighted by molar-refractivity contribution is 6.30. The summed E-state index contributed by atoms with van der Waals surface area (Å²) in [6, 6.07) is 5.27. The molecule has 0 aliphatic heterocycles. The molecule has 1 heterocycles. The molecule has 0 fully saturated rings. The number of benzene rings is 1. The second-order valence-corrected chi connectivity index (χ2v) is 3.79. The van der Waals surface area contributed by atoms with Gasteiger partial charge in [0.1, 0.15) is 5.02 Å². The van der Waals surface area contributed by atoms with Gasteiger partial charge in [0.15, 0.2) is 0 Å². The Morgan fingerprint density at radius 1 is 1.22 bits per heavy atom. The smallest absolute Gasteiger partial charge is 0.272 e. The monoisotopic (exact) mass is 267 g/mol. The Kier molecular flexibility index (Phi) is 2.99. The van der Waals surface area contributed by atoms with Crippen LogP contribution in [0.25, 0.3) is 5.69 Å².